The van der Waals surface area contributed by atoms with Crippen LogP contribution in [0, 0.1) is 5.92 Å². The third kappa shape index (κ3) is 3.90. The molecule has 2 atom stereocenters. The third-order valence-electron chi connectivity index (χ3n) is 3.48. The van der Waals surface area contributed by atoms with Crippen molar-refractivity contribution < 1.29 is 0 Å². The summed E-state index contributed by atoms with van der Waals surface area (Å²) in [6.45, 7) is 7.37. The van der Waals surface area contributed by atoms with E-state index in [0.29, 0.717) is 0 Å². The first-order valence-electron chi connectivity index (χ1n) is 6.08. The van der Waals surface area contributed by atoms with Gasteiger partial charge in [0, 0.05) is 11.4 Å². The molecule has 84 valence electrons. The standard InChI is InChI=1S/C12H24BrN/c1-3-12-5-4-9-14(12)10-7-11(2)6-8-13/h11-12H,3-10H2,1-2H3. The lowest BCUT2D eigenvalue weighted by Crippen LogP contribution is -2.30. The van der Waals surface area contributed by atoms with Crippen LogP contribution in [0.1, 0.15) is 46.0 Å². The molecule has 0 N–H and O–H groups in total. The molecule has 1 aliphatic heterocycles. The van der Waals surface area contributed by atoms with Gasteiger partial charge in [0.25, 0.3) is 0 Å². The lowest BCUT2D eigenvalue weighted by atomic mass is 10.0. The topological polar surface area (TPSA) is 3.24 Å². The molecule has 0 aromatic heterocycles. The van der Waals surface area contributed by atoms with Crippen LogP contribution in [0.15, 0.2) is 0 Å². The van der Waals surface area contributed by atoms with Gasteiger partial charge in [0.1, 0.15) is 0 Å². The lowest BCUT2D eigenvalue weighted by Gasteiger charge is -2.24. The molecule has 0 aliphatic carbocycles. The summed E-state index contributed by atoms with van der Waals surface area (Å²) >= 11 is 3.52. The molecule has 0 aromatic rings. The number of hydrogen-bond acceptors (Lipinski definition) is 1. The van der Waals surface area contributed by atoms with Gasteiger partial charge < -0.3 is 4.90 Å². The van der Waals surface area contributed by atoms with E-state index in [4.69, 9.17) is 0 Å². The summed E-state index contributed by atoms with van der Waals surface area (Å²) in [6.07, 6.45) is 6.90. The minimum Gasteiger partial charge on any atom is -0.300 e. The van der Waals surface area contributed by atoms with Crippen molar-refractivity contribution in [2.75, 3.05) is 18.4 Å². The Morgan fingerprint density at radius 1 is 1.43 bits per heavy atom. The molecule has 2 unspecified atom stereocenters. The molecule has 1 aliphatic rings. The Bertz CT molecular complexity index is 149. The number of hydrogen-bond donors (Lipinski definition) is 0. The quantitative estimate of drug-likeness (QED) is 0.660. The maximum absolute atomic E-state index is 3.52. The maximum atomic E-state index is 3.52. The minimum absolute atomic E-state index is 0.882. The second-order valence-corrected chi connectivity index (χ2v) is 5.40. The number of likely N-dealkylation sites (tertiary alicyclic amines) is 1. The molecule has 1 fully saturated rings. The third-order valence-corrected chi connectivity index (χ3v) is 3.94. The van der Waals surface area contributed by atoms with E-state index in [1.54, 1.807) is 0 Å². The van der Waals surface area contributed by atoms with Crippen LogP contribution in [0.5, 0.6) is 0 Å². The molecule has 0 amide bonds. The first kappa shape index (κ1) is 12.5. The first-order chi connectivity index (χ1) is 6.77. The highest BCUT2D eigenvalue weighted by atomic mass is 79.9. The molecule has 14 heavy (non-hydrogen) atoms. The van der Waals surface area contributed by atoms with Crippen molar-refractivity contribution in [1.82, 2.24) is 4.90 Å². The van der Waals surface area contributed by atoms with E-state index in [9.17, 15) is 0 Å². The summed E-state index contributed by atoms with van der Waals surface area (Å²) in [5, 5.41) is 1.16. The number of rotatable bonds is 6. The highest BCUT2D eigenvalue weighted by molar-refractivity contribution is 9.09. The summed E-state index contributed by atoms with van der Waals surface area (Å²) in [5.41, 5.74) is 0. The zero-order chi connectivity index (χ0) is 10.4. The summed E-state index contributed by atoms with van der Waals surface area (Å²) in [5.74, 6) is 0.882. The number of alkyl halides is 1. The van der Waals surface area contributed by atoms with Gasteiger partial charge in [0.2, 0.25) is 0 Å². The maximum Gasteiger partial charge on any atom is 0.00931 e. The van der Waals surface area contributed by atoms with E-state index in [1.807, 2.05) is 0 Å². The summed E-state index contributed by atoms with van der Waals surface area (Å²) in [6, 6.07) is 0.895. The van der Waals surface area contributed by atoms with Gasteiger partial charge >= 0.3 is 0 Å². The van der Waals surface area contributed by atoms with Crippen LogP contribution in [0.2, 0.25) is 0 Å². The second-order valence-electron chi connectivity index (χ2n) is 4.61. The van der Waals surface area contributed by atoms with E-state index in [1.165, 1.54) is 45.2 Å². The van der Waals surface area contributed by atoms with Gasteiger partial charge in [-0.3, -0.25) is 0 Å². The van der Waals surface area contributed by atoms with Crippen LogP contribution in [0.3, 0.4) is 0 Å². The molecular formula is C12H24BrN. The van der Waals surface area contributed by atoms with Gasteiger partial charge in [-0.2, -0.15) is 0 Å². The monoisotopic (exact) mass is 261 g/mol. The fourth-order valence-electron chi connectivity index (χ4n) is 2.37. The van der Waals surface area contributed by atoms with Crippen molar-refractivity contribution in [1.29, 1.82) is 0 Å². The van der Waals surface area contributed by atoms with Crippen LogP contribution in [-0.2, 0) is 0 Å². The van der Waals surface area contributed by atoms with Crippen molar-refractivity contribution in [2.24, 2.45) is 5.92 Å². The average molecular weight is 262 g/mol. The van der Waals surface area contributed by atoms with Gasteiger partial charge in [-0.25, -0.2) is 0 Å². The van der Waals surface area contributed by atoms with E-state index < -0.39 is 0 Å². The van der Waals surface area contributed by atoms with Crippen molar-refractivity contribution in [3.8, 4) is 0 Å². The largest absolute Gasteiger partial charge is 0.300 e. The molecule has 0 aromatic carbocycles. The second kappa shape index (κ2) is 6.84. The summed E-state index contributed by atoms with van der Waals surface area (Å²) in [4.78, 5) is 2.70. The SMILES string of the molecule is CCC1CCCN1CCC(C)CCBr. The van der Waals surface area contributed by atoms with Crippen molar-refractivity contribution in [2.45, 2.75) is 52.0 Å². The van der Waals surface area contributed by atoms with Gasteiger partial charge in [-0.05, 0) is 51.1 Å². The lowest BCUT2D eigenvalue weighted by molar-refractivity contribution is 0.231. The Hall–Kier alpha value is 0.440. The highest BCUT2D eigenvalue weighted by Crippen LogP contribution is 2.21. The van der Waals surface area contributed by atoms with Crippen molar-refractivity contribution in [3.63, 3.8) is 0 Å². The molecule has 0 spiro atoms. The predicted octanol–water partition coefficient (Wildman–Crippen LogP) is 3.67. The minimum atomic E-state index is 0.882. The summed E-state index contributed by atoms with van der Waals surface area (Å²) < 4.78 is 0. The van der Waals surface area contributed by atoms with Crippen LogP contribution in [0.4, 0.5) is 0 Å². The molecule has 0 saturated carbocycles. The van der Waals surface area contributed by atoms with E-state index in [0.717, 1.165) is 17.3 Å². The van der Waals surface area contributed by atoms with Crippen LogP contribution in [-0.4, -0.2) is 29.4 Å². The fraction of sp³-hybridized carbons (Fsp3) is 1.00. The predicted molar refractivity (Wildman–Crippen MR) is 67.1 cm³/mol. The molecule has 1 nitrogen and oxygen atoms in total. The molecule has 1 saturated heterocycles. The zero-order valence-corrected chi connectivity index (χ0v) is 11.2. The highest BCUT2D eigenvalue weighted by Gasteiger charge is 2.22. The van der Waals surface area contributed by atoms with Crippen molar-refractivity contribution in [3.05, 3.63) is 0 Å². The van der Waals surface area contributed by atoms with E-state index >= 15 is 0 Å². The van der Waals surface area contributed by atoms with E-state index in [-0.39, 0.29) is 0 Å². The Morgan fingerprint density at radius 3 is 2.86 bits per heavy atom. The Kier molecular flexibility index (Phi) is 6.11. The molecule has 1 heterocycles. The molecular weight excluding hydrogens is 238 g/mol. The van der Waals surface area contributed by atoms with Gasteiger partial charge in [-0.1, -0.05) is 29.8 Å². The number of nitrogens with zero attached hydrogens (tertiary/aromatic N) is 1. The van der Waals surface area contributed by atoms with Crippen molar-refractivity contribution >= 4 is 15.9 Å². The number of halogens is 1. The Morgan fingerprint density at radius 2 is 2.21 bits per heavy atom. The molecule has 1 rings (SSSR count). The Balaban J connectivity index is 2.16. The fourth-order valence-corrected chi connectivity index (χ4v) is 3.15. The smallest absolute Gasteiger partial charge is 0.00931 e. The first-order valence-corrected chi connectivity index (χ1v) is 7.20. The van der Waals surface area contributed by atoms with E-state index in [2.05, 4.69) is 34.7 Å². The summed E-state index contributed by atoms with van der Waals surface area (Å²) in [7, 11) is 0. The normalized spacial score (nSPS) is 25.5. The average Bonchev–Trinajstić information content (AvgIpc) is 2.62. The zero-order valence-electron chi connectivity index (χ0n) is 9.64. The van der Waals surface area contributed by atoms with Gasteiger partial charge in [0.15, 0.2) is 0 Å². The van der Waals surface area contributed by atoms with Crippen LogP contribution >= 0.6 is 15.9 Å². The molecule has 0 bridgehead atoms. The Labute approximate surface area is 97.4 Å². The van der Waals surface area contributed by atoms with Gasteiger partial charge in [-0.15, -0.1) is 0 Å². The molecule has 0 radical (unpaired) electrons. The molecule has 2 heteroatoms. The van der Waals surface area contributed by atoms with Gasteiger partial charge in [0.05, 0.1) is 0 Å². The van der Waals surface area contributed by atoms with Crippen LogP contribution in [0.25, 0.3) is 0 Å². The van der Waals surface area contributed by atoms with Crippen LogP contribution < -0.4 is 0 Å².